The van der Waals surface area contributed by atoms with Gasteiger partial charge in [-0.25, -0.2) is 4.98 Å². The molecule has 0 aliphatic heterocycles. The molecule has 0 amide bonds. The topological polar surface area (TPSA) is 24.9 Å². The Balaban J connectivity index is 1.87. The zero-order valence-corrected chi connectivity index (χ0v) is 12.8. The van der Waals surface area contributed by atoms with Gasteiger partial charge in [0, 0.05) is 11.3 Å². The molecular formula is C15H26N2S. The summed E-state index contributed by atoms with van der Waals surface area (Å²) < 4.78 is 0. The van der Waals surface area contributed by atoms with Crippen LogP contribution in [0, 0.1) is 25.7 Å². The molecule has 1 aliphatic carbocycles. The number of aryl methyl sites for hydroxylation is 2. The lowest BCUT2D eigenvalue weighted by atomic mass is 9.93. The van der Waals surface area contributed by atoms with Crippen molar-refractivity contribution in [2.24, 2.45) is 11.8 Å². The highest BCUT2D eigenvalue weighted by Gasteiger charge is 2.27. The number of nitrogens with one attached hydrogen (secondary N) is 1. The van der Waals surface area contributed by atoms with Crippen molar-refractivity contribution in [3.8, 4) is 0 Å². The number of thiazole rings is 1. The van der Waals surface area contributed by atoms with E-state index in [0.29, 0.717) is 0 Å². The largest absolute Gasteiger partial charge is 0.316 e. The second kappa shape index (κ2) is 6.67. The van der Waals surface area contributed by atoms with Gasteiger partial charge in [-0.3, -0.25) is 0 Å². The fourth-order valence-electron chi connectivity index (χ4n) is 2.97. The summed E-state index contributed by atoms with van der Waals surface area (Å²) in [6, 6.07) is 0. The molecule has 1 heterocycles. The maximum absolute atomic E-state index is 4.70. The molecule has 0 spiro atoms. The van der Waals surface area contributed by atoms with Crippen LogP contribution in [0.4, 0.5) is 0 Å². The van der Waals surface area contributed by atoms with Crippen molar-refractivity contribution < 1.29 is 0 Å². The van der Waals surface area contributed by atoms with Gasteiger partial charge in [0.2, 0.25) is 0 Å². The third-order valence-corrected chi connectivity index (χ3v) is 5.25. The summed E-state index contributed by atoms with van der Waals surface area (Å²) in [4.78, 5) is 6.09. The lowest BCUT2D eigenvalue weighted by Crippen LogP contribution is -2.26. The molecule has 1 N–H and O–H groups in total. The first kappa shape index (κ1) is 14.0. The van der Waals surface area contributed by atoms with Gasteiger partial charge in [0.25, 0.3) is 0 Å². The summed E-state index contributed by atoms with van der Waals surface area (Å²) in [6.07, 6.45) is 6.66. The van der Waals surface area contributed by atoms with Gasteiger partial charge in [-0.1, -0.05) is 13.3 Å². The number of hydrogen-bond acceptors (Lipinski definition) is 3. The van der Waals surface area contributed by atoms with E-state index in [0.717, 1.165) is 11.8 Å². The summed E-state index contributed by atoms with van der Waals surface area (Å²) in [5, 5.41) is 4.95. The zero-order chi connectivity index (χ0) is 13.0. The van der Waals surface area contributed by atoms with Gasteiger partial charge in [0.15, 0.2) is 0 Å². The van der Waals surface area contributed by atoms with Crippen LogP contribution in [0.25, 0.3) is 0 Å². The third-order valence-electron chi connectivity index (χ3n) is 4.16. The molecule has 0 bridgehead atoms. The molecule has 0 saturated heterocycles. The van der Waals surface area contributed by atoms with Crippen LogP contribution in [0.3, 0.4) is 0 Å². The van der Waals surface area contributed by atoms with Crippen molar-refractivity contribution in [3.63, 3.8) is 0 Å². The monoisotopic (exact) mass is 266 g/mol. The Kier molecular flexibility index (Phi) is 5.19. The lowest BCUT2D eigenvalue weighted by molar-refractivity contribution is 0.365. The second-order valence-corrected chi connectivity index (χ2v) is 6.90. The number of nitrogens with zero attached hydrogens (tertiary/aromatic N) is 1. The zero-order valence-electron chi connectivity index (χ0n) is 12.0. The van der Waals surface area contributed by atoms with Gasteiger partial charge >= 0.3 is 0 Å². The van der Waals surface area contributed by atoms with E-state index < -0.39 is 0 Å². The average molecular weight is 266 g/mol. The minimum Gasteiger partial charge on any atom is -0.316 e. The Bertz CT molecular complexity index is 353. The molecule has 3 heteroatoms. The van der Waals surface area contributed by atoms with Gasteiger partial charge in [-0.15, -0.1) is 11.3 Å². The van der Waals surface area contributed by atoms with Crippen molar-refractivity contribution in [2.45, 2.75) is 52.9 Å². The Morgan fingerprint density at radius 1 is 1.28 bits per heavy atom. The molecule has 0 radical (unpaired) electrons. The first-order valence-electron chi connectivity index (χ1n) is 7.34. The SMILES string of the molecule is CCCNCC1CCCC1Cc1nc(C)c(C)s1. The first-order valence-corrected chi connectivity index (χ1v) is 8.16. The van der Waals surface area contributed by atoms with Crippen LogP contribution in [0.5, 0.6) is 0 Å². The highest BCUT2D eigenvalue weighted by Crippen LogP contribution is 2.34. The minimum atomic E-state index is 0.860. The molecule has 1 aliphatic rings. The fraction of sp³-hybridized carbons (Fsp3) is 0.800. The van der Waals surface area contributed by atoms with Gasteiger partial charge in [-0.05, 0) is 58.0 Å². The van der Waals surface area contributed by atoms with E-state index in [1.807, 2.05) is 11.3 Å². The molecule has 1 saturated carbocycles. The maximum atomic E-state index is 4.70. The highest BCUT2D eigenvalue weighted by atomic mass is 32.1. The van der Waals surface area contributed by atoms with E-state index in [1.165, 1.54) is 60.8 Å². The molecule has 2 unspecified atom stereocenters. The Morgan fingerprint density at radius 2 is 2.06 bits per heavy atom. The predicted octanol–water partition coefficient (Wildman–Crippen LogP) is 3.72. The van der Waals surface area contributed by atoms with Crippen LogP contribution in [-0.4, -0.2) is 18.1 Å². The standard InChI is InChI=1S/C15H26N2S/c1-4-8-16-10-14-7-5-6-13(14)9-15-17-11(2)12(3)18-15/h13-14,16H,4-10H2,1-3H3. The molecule has 1 fully saturated rings. The smallest absolute Gasteiger partial charge is 0.0933 e. The van der Waals surface area contributed by atoms with E-state index in [-0.39, 0.29) is 0 Å². The minimum absolute atomic E-state index is 0.860. The quantitative estimate of drug-likeness (QED) is 0.794. The Labute approximate surface area is 115 Å². The van der Waals surface area contributed by atoms with Crippen LogP contribution >= 0.6 is 11.3 Å². The van der Waals surface area contributed by atoms with Crippen molar-refractivity contribution in [2.75, 3.05) is 13.1 Å². The summed E-state index contributed by atoms with van der Waals surface area (Å²) >= 11 is 1.90. The lowest BCUT2D eigenvalue weighted by Gasteiger charge is -2.19. The van der Waals surface area contributed by atoms with Crippen molar-refractivity contribution in [1.29, 1.82) is 0 Å². The maximum Gasteiger partial charge on any atom is 0.0933 e. The third kappa shape index (κ3) is 3.55. The van der Waals surface area contributed by atoms with Gasteiger partial charge in [0.1, 0.15) is 0 Å². The van der Waals surface area contributed by atoms with E-state index in [9.17, 15) is 0 Å². The van der Waals surface area contributed by atoms with Crippen LogP contribution in [0.1, 0.15) is 48.2 Å². The summed E-state index contributed by atoms with van der Waals surface area (Å²) in [5.74, 6) is 1.74. The summed E-state index contributed by atoms with van der Waals surface area (Å²) in [7, 11) is 0. The van der Waals surface area contributed by atoms with Crippen LogP contribution in [0.15, 0.2) is 0 Å². The summed E-state index contributed by atoms with van der Waals surface area (Å²) in [6.45, 7) is 8.93. The van der Waals surface area contributed by atoms with Gasteiger partial charge in [0.05, 0.1) is 10.7 Å². The van der Waals surface area contributed by atoms with Crippen molar-refractivity contribution in [3.05, 3.63) is 15.6 Å². The van der Waals surface area contributed by atoms with Crippen LogP contribution < -0.4 is 5.32 Å². The van der Waals surface area contributed by atoms with Gasteiger partial charge in [-0.2, -0.15) is 0 Å². The molecule has 18 heavy (non-hydrogen) atoms. The van der Waals surface area contributed by atoms with Crippen molar-refractivity contribution >= 4 is 11.3 Å². The molecule has 2 nitrogen and oxygen atoms in total. The van der Waals surface area contributed by atoms with Crippen LogP contribution in [0.2, 0.25) is 0 Å². The highest BCUT2D eigenvalue weighted by molar-refractivity contribution is 7.11. The molecular weight excluding hydrogens is 240 g/mol. The second-order valence-electron chi connectivity index (χ2n) is 5.61. The van der Waals surface area contributed by atoms with E-state index in [1.54, 1.807) is 0 Å². The van der Waals surface area contributed by atoms with E-state index in [4.69, 9.17) is 4.98 Å². The van der Waals surface area contributed by atoms with E-state index >= 15 is 0 Å². The fourth-order valence-corrected chi connectivity index (χ4v) is 3.99. The number of rotatable bonds is 6. The molecule has 2 atom stereocenters. The molecule has 1 aromatic rings. The Hall–Kier alpha value is -0.410. The van der Waals surface area contributed by atoms with E-state index in [2.05, 4.69) is 26.1 Å². The number of hydrogen-bond donors (Lipinski definition) is 1. The Morgan fingerprint density at radius 3 is 2.72 bits per heavy atom. The molecule has 102 valence electrons. The first-order chi connectivity index (χ1) is 8.70. The molecule has 2 rings (SSSR count). The molecule has 0 aromatic carbocycles. The van der Waals surface area contributed by atoms with Crippen molar-refractivity contribution in [1.82, 2.24) is 10.3 Å². The molecule has 1 aromatic heterocycles. The number of aromatic nitrogens is 1. The average Bonchev–Trinajstić information content (AvgIpc) is 2.88. The normalized spacial score (nSPS) is 23.7. The van der Waals surface area contributed by atoms with Gasteiger partial charge < -0.3 is 5.32 Å². The predicted molar refractivity (Wildman–Crippen MR) is 79.3 cm³/mol. The van der Waals surface area contributed by atoms with Crippen LogP contribution in [-0.2, 0) is 6.42 Å². The summed E-state index contributed by atoms with van der Waals surface area (Å²) in [5.41, 5.74) is 1.23.